The Bertz CT molecular complexity index is 1420. The maximum atomic E-state index is 12.7. The SMILES string of the molecule is CC(C)S(=O)(=O)c1sccc1Nc1nc(Nc2cccc(NC(=O)CNC(=O)OC(C)(C)C)c2)ncc1Cl. The van der Waals surface area contributed by atoms with E-state index in [0.717, 1.165) is 11.3 Å². The predicted octanol–water partition coefficient (Wildman–Crippen LogP) is 5.32. The average molecular weight is 581 g/mol. The number of hydrogen-bond acceptors (Lipinski definition) is 10. The standard InChI is InChI=1S/C24H29ClN6O5S2/c1-14(2)38(34,35)21-18(9-10-37-21)30-20-17(25)12-26-22(31-20)29-16-8-6-7-15(11-16)28-19(32)13-27-23(33)36-24(3,4)5/h6-12,14H,13H2,1-5H3,(H,27,33)(H,28,32)(H2,26,29,30,31). The first-order valence-corrected chi connectivity index (χ1v) is 14.3. The van der Waals surface area contributed by atoms with Crippen molar-refractivity contribution in [1.29, 1.82) is 0 Å². The molecular weight excluding hydrogens is 552 g/mol. The van der Waals surface area contributed by atoms with Crippen molar-refractivity contribution < 1.29 is 22.7 Å². The number of amides is 2. The lowest BCUT2D eigenvalue weighted by molar-refractivity contribution is -0.115. The van der Waals surface area contributed by atoms with E-state index in [1.54, 1.807) is 70.3 Å². The Hall–Kier alpha value is -3.42. The van der Waals surface area contributed by atoms with Gasteiger partial charge in [-0.05, 0) is 64.3 Å². The van der Waals surface area contributed by atoms with Crippen molar-refractivity contribution in [2.75, 3.05) is 22.5 Å². The molecular formula is C24H29ClN6O5S2. The first kappa shape index (κ1) is 29.1. The Labute approximate surface area is 230 Å². The van der Waals surface area contributed by atoms with Crippen LogP contribution in [0.1, 0.15) is 34.6 Å². The van der Waals surface area contributed by atoms with Crippen LogP contribution < -0.4 is 21.3 Å². The maximum Gasteiger partial charge on any atom is 0.408 e. The molecule has 0 fully saturated rings. The maximum absolute atomic E-state index is 12.7. The van der Waals surface area contributed by atoms with Crippen molar-refractivity contribution >= 4 is 73.6 Å². The summed E-state index contributed by atoms with van der Waals surface area (Å²) >= 11 is 7.38. The molecule has 0 bridgehead atoms. The van der Waals surface area contributed by atoms with Crippen molar-refractivity contribution in [3.63, 3.8) is 0 Å². The molecule has 0 aliphatic heterocycles. The molecule has 0 saturated carbocycles. The van der Waals surface area contributed by atoms with E-state index >= 15 is 0 Å². The van der Waals surface area contributed by atoms with Gasteiger partial charge in [0.1, 0.15) is 21.4 Å². The van der Waals surface area contributed by atoms with Gasteiger partial charge in [-0.1, -0.05) is 17.7 Å². The number of nitrogens with zero attached hydrogens (tertiary/aromatic N) is 2. The molecule has 3 aromatic rings. The van der Waals surface area contributed by atoms with Gasteiger partial charge in [0.15, 0.2) is 15.7 Å². The summed E-state index contributed by atoms with van der Waals surface area (Å²) in [5, 5.41) is 12.4. The Balaban J connectivity index is 1.68. The molecule has 0 atom stereocenters. The van der Waals surface area contributed by atoms with Crippen LogP contribution >= 0.6 is 22.9 Å². The van der Waals surface area contributed by atoms with Gasteiger partial charge in [0.2, 0.25) is 11.9 Å². The largest absolute Gasteiger partial charge is 0.444 e. The molecule has 14 heteroatoms. The monoisotopic (exact) mass is 580 g/mol. The van der Waals surface area contributed by atoms with Gasteiger partial charge in [-0.2, -0.15) is 4.98 Å². The van der Waals surface area contributed by atoms with Crippen LogP contribution in [-0.2, 0) is 19.4 Å². The summed E-state index contributed by atoms with van der Waals surface area (Å²) in [6.07, 6.45) is 0.694. The lowest BCUT2D eigenvalue weighted by atomic mass is 10.2. The van der Waals surface area contributed by atoms with Crippen LogP contribution in [0.3, 0.4) is 0 Å². The smallest absolute Gasteiger partial charge is 0.408 e. The number of benzene rings is 1. The van der Waals surface area contributed by atoms with Gasteiger partial charge in [0.25, 0.3) is 0 Å². The molecule has 11 nitrogen and oxygen atoms in total. The summed E-state index contributed by atoms with van der Waals surface area (Å²) in [4.78, 5) is 32.5. The predicted molar refractivity (Wildman–Crippen MR) is 150 cm³/mol. The van der Waals surface area contributed by atoms with Crippen molar-refractivity contribution in [3.8, 4) is 0 Å². The topological polar surface area (TPSA) is 151 Å². The van der Waals surface area contributed by atoms with Gasteiger partial charge in [-0.15, -0.1) is 11.3 Å². The fourth-order valence-corrected chi connectivity index (χ4v) is 5.79. The number of halogens is 1. The second-order valence-electron chi connectivity index (χ2n) is 9.34. The summed E-state index contributed by atoms with van der Waals surface area (Å²) < 4.78 is 30.6. The molecule has 0 aliphatic rings. The van der Waals surface area contributed by atoms with E-state index in [4.69, 9.17) is 16.3 Å². The number of carbonyl (C=O) groups is 2. The van der Waals surface area contributed by atoms with Crippen LogP contribution in [0.15, 0.2) is 46.1 Å². The molecule has 0 spiro atoms. The van der Waals surface area contributed by atoms with Crippen molar-refractivity contribution in [1.82, 2.24) is 15.3 Å². The van der Waals surface area contributed by atoms with E-state index in [2.05, 4.69) is 31.2 Å². The van der Waals surface area contributed by atoms with Crippen LogP contribution in [0, 0.1) is 0 Å². The summed E-state index contributed by atoms with van der Waals surface area (Å²) in [6.45, 7) is 8.15. The second-order valence-corrected chi connectivity index (χ2v) is 13.4. The van der Waals surface area contributed by atoms with Gasteiger partial charge < -0.3 is 26.0 Å². The fraction of sp³-hybridized carbons (Fsp3) is 0.333. The molecule has 1 aromatic carbocycles. The summed E-state index contributed by atoms with van der Waals surface area (Å²) in [5.74, 6) is -0.0268. The lowest BCUT2D eigenvalue weighted by Gasteiger charge is -2.19. The number of aromatic nitrogens is 2. The third-order valence-electron chi connectivity index (χ3n) is 4.70. The normalized spacial score (nSPS) is 11.7. The molecule has 0 aliphatic carbocycles. The van der Waals surface area contributed by atoms with E-state index < -0.39 is 32.7 Å². The van der Waals surface area contributed by atoms with Gasteiger partial charge in [-0.3, -0.25) is 4.79 Å². The van der Waals surface area contributed by atoms with E-state index in [1.807, 2.05) is 0 Å². The zero-order valence-corrected chi connectivity index (χ0v) is 23.8. The highest BCUT2D eigenvalue weighted by atomic mass is 35.5. The van der Waals surface area contributed by atoms with Crippen LogP contribution in [0.4, 0.5) is 33.6 Å². The third kappa shape index (κ3) is 8.04. The van der Waals surface area contributed by atoms with Crippen LogP contribution in [0.5, 0.6) is 0 Å². The number of ether oxygens (including phenoxy) is 1. The first-order valence-electron chi connectivity index (χ1n) is 11.5. The van der Waals surface area contributed by atoms with Crippen molar-refractivity contribution in [2.24, 2.45) is 0 Å². The molecule has 38 heavy (non-hydrogen) atoms. The van der Waals surface area contributed by atoms with Gasteiger partial charge in [0, 0.05) is 11.4 Å². The highest BCUT2D eigenvalue weighted by molar-refractivity contribution is 7.94. The second kappa shape index (κ2) is 12.0. The van der Waals surface area contributed by atoms with E-state index in [1.165, 1.54) is 6.20 Å². The third-order valence-corrected chi connectivity index (χ3v) is 8.65. The quantitative estimate of drug-likeness (QED) is 0.263. The summed E-state index contributed by atoms with van der Waals surface area (Å²) in [5.41, 5.74) is 0.743. The number of nitrogens with one attached hydrogen (secondary N) is 4. The van der Waals surface area contributed by atoms with Gasteiger partial charge in [-0.25, -0.2) is 18.2 Å². The van der Waals surface area contributed by atoms with E-state index in [-0.39, 0.29) is 27.5 Å². The van der Waals surface area contributed by atoms with E-state index in [0.29, 0.717) is 17.1 Å². The highest BCUT2D eigenvalue weighted by Crippen LogP contribution is 2.34. The Morgan fingerprint density at radius 3 is 2.53 bits per heavy atom. The lowest BCUT2D eigenvalue weighted by Crippen LogP contribution is -2.37. The first-order chi connectivity index (χ1) is 17.7. The van der Waals surface area contributed by atoms with Crippen LogP contribution in [-0.4, -0.2) is 47.8 Å². The number of carbonyl (C=O) groups excluding carboxylic acids is 2. The Kier molecular flexibility index (Phi) is 9.18. The summed E-state index contributed by atoms with van der Waals surface area (Å²) in [6, 6.07) is 8.44. The van der Waals surface area contributed by atoms with Crippen molar-refractivity contribution in [2.45, 2.75) is 49.7 Å². The van der Waals surface area contributed by atoms with Crippen LogP contribution in [0.25, 0.3) is 0 Å². The van der Waals surface area contributed by atoms with E-state index in [9.17, 15) is 18.0 Å². The number of rotatable bonds is 9. The fourth-order valence-electron chi connectivity index (χ4n) is 2.94. The molecule has 2 amide bonds. The van der Waals surface area contributed by atoms with Crippen LogP contribution in [0.2, 0.25) is 5.02 Å². The molecule has 0 saturated heterocycles. The molecule has 2 heterocycles. The molecule has 0 radical (unpaired) electrons. The number of sulfone groups is 1. The molecule has 0 unspecified atom stereocenters. The molecule has 4 N–H and O–H groups in total. The molecule has 2 aromatic heterocycles. The molecule has 204 valence electrons. The Morgan fingerprint density at radius 2 is 1.84 bits per heavy atom. The minimum absolute atomic E-state index is 0.190. The average Bonchev–Trinajstić information content (AvgIpc) is 3.28. The summed E-state index contributed by atoms with van der Waals surface area (Å²) in [7, 11) is -3.50. The molecule has 3 rings (SSSR count). The highest BCUT2D eigenvalue weighted by Gasteiger charge is 2.25. The van der Waals surface area contributed by atoms with Gasteiger partial charge >= 0.3 is 6.09 Å². The number of anilines is 5. The van der Waals surface area contributed by atoms with Crippen molar-refractivity contribution in [3.05, 3.63) is 46.9 Å². The Morgan fingerprint density at radius 1 is 1.13 bits per heavy atom. The minimum Gasteiger partial charge on any atom is -0.444 e. The van der Waals surface area contributed by atoms with Gasteiger partial charge in [0.05, 0.1) is 17.1 Å². The zero-order chi connectivity index (χ0) is 28.1. The minimum atomic E-state index is -3.50. The number of thiophene rings is 1. The number of alkyl carbamates (subject to hydrolysis) is 1. The number of hydrogen-bond donors (Lipinski definition) is 4. The zero-order valence-electron chi connectivity index (χ0n) is 21.5.